The summed E-state index contributed by atoms with van der Waals surface area (Å²) in [7, 11) is 0. The summed E-state index contributed by atoms with van der Waals surface area (Å²) < 4.78 is 0.978. The van der Waals surface area contributed by atoms with Gasteiger partial charge in [-0.25, -0.2) is 0 Å². The van der Waals surface area contributed by atoms with Crippen LogP contribution in [0.4, 0.5) is 0 Å². The molecule has 2 nitrogen and oxygen atoms in total. The van der Waals surface area contributed by atoms with Gasteiger partial charge in [-0.15, -0.1) is 22.9 Å². The van der Waals surface area contributed by atoms with E-state index in [1.165, 1.54) is 11.3 Å². The zero-order chi connectivity index (χ0) is 10.9. The van der Waals surface area contributed by atoms with Crippen LogP contribution in [0.5, 0.6) is 0 Å². The fourth-order valence-corrected chi connectivity index (χ4v) is 2.83. The van der Waals surface area contributed by atoms with Gasteiger partial charge in [-0.3, -0.25) is 4.79 Å². The molecular weight excluding hydrogens is 298 g/mol. The molecular formula is C10H11BrClNOS. The first-order valence-electron chi connectivity index (χ1n) is 4.73. The molecule has 1 N–H and O–H groups in total. The monoisotopic (exact) mass is 307 g/mol. The van der Waals surface area contributed by atoms with Crippen molar-refractivity contribution in [3.63, 3.8) is 0 Å². The minimum Gasteiger partial charge on any atom is -0.351 e. The number of hydrogen-bond acceptors (Lipinski definition) is 2. The summed E-state index contributed by atoms with van der Waals surface area (Å²) in [6.45, 7) is 0.697. The Morgan fingerprint density at radius 3 is 2.87 bits per heavy atom. The fraction of sp³-hybridized carbons (Fsp3) is 0.500. The van der Waals surface area contributed by atoms with E-state index in [2.05, 4.69) is 21.2 Å². The molecule has 0 aliphatic heterocycles. The lowest BCUT2D eigenvalue weighted by molar-refractivity contribution is 0.0947. The van der Waals surface area contributed by atoms with Crippen molar-refractivity contribution in [1.82, 2.24) is 5.32 Å². The van der Waals surface area contributed by atoms with E-state index in [4.69, 9.17) is 11.6 Å². The molecule has 1 heterocycles. The highest BCUT2D eigenvalue weighted by Gasteiger charge is 2.41. The van der Waals surface area contributed by atoms with Crippen molar-refractivity contribution in [1.29, 1.82) is 0 Å². The van der Waals surface area contributed by atoms with Gasteiger partial charge in [-0.1, -0.05) is 0 Å². The standard InChI is InChI=1S/C10H11BrClNOS/c11-8-3-7(4-15-8)9(14)13-6-10(5-12)1-2-10/h3-4H,1-2,5-6H2,(H,13,14). The van der Waals surface area contributed by atoms with Gasteiger partial charge in [0.2, 0.25) is 0 Å². The van der Waals surface area contributed by atoms with E-state index in [1.54, 1.807) is 0 Å². The van der Waals surface area contributed by atoms with Crippen molar-refractivity contribution in [2.45, 2.75) is 12.8 Å². The van der Waals surface area contributed by atoms with Gasteiger partial charge in [0.05, 0.1) is 9.35 Å². The molecule has 82 valence electrons. The van der Waals surface area contributed by atoms with Gasteiger partial charge in [-0.05, 0) is 34.8 Å². The van der Waals surface area contributed by atoms with E-state index in [9.17, 15) is 4.79 Å². The molecule has 1 aromatic heterocycles. The van der Waals surface area contributed by atoms with Crippen LogP contribution in [0.15, 0.2) is 15.2 Å². The maximum Gasteiger partial charge on any atom is 0.252 e. The Labute approximate surface area is 106 Å². The normalized spacial score (nSPS) is 17.5. The van der Waals surface area contributed by atoms with Crippen molar-refractivity contribution in [3.8, 4) is 0 Å². The van der Waals surface area contributed by atoms with Crippen molar-refractivity contribution in [2.75, 3.05) is 12.4 Å². The number of carbonyl (C=O) groups excluding carboxylic acids is 1. The predicted octanol–water partition coefficient (Wildman–Crippen LogP) is 3.26. The summed E-state index contributed by atoms with van der Waals surface area (Å²) in [4.78, 5) is 11.7. The summed E-state index contributed by atoms with van der Waals surface area (Å²) in [6, 6.07) is 1.83. The van der Waals surface area contributed by atoms with Crippen LogP contribution >= 0.6 is 38.9 Å². The Morgan fingerprint density at radius 1 is 1.67 bits per heavy atom. The molecule has 5 heteroatoms. The van der Waals surface area contributed by atoms with Gasteiger partial charge in [0.1, 0.15) is 0 Å². The number of rotatable bonds is 4. The molecule has 0 radical (unpaired) electrons. The maximum absolute atomic E-state index is 11.7. The van der Waals surface area contributed by atoms with Crippen LogP contribution in [-0.4, -0.2) is 18.3 Å². The second-order valence-electron chi connectivity index (χ2n) is 3.96. The molecule has 15 heavy (non-hydrogen) atoms. The van der Waals surface area contributed by atoms with Crippen LogP contribution in [0.3, 0.4) is 0 Å². The first-order valence-corrected chi connectivity index (χ1v) is 6.94. The molecule has 0 atom stereocenters. The quantitative estimate of drug-likeness (QED) is 0.850. The number of thiophene rings is 1. The largest absolute Gasteiger partial charge is 0.351 e. The van der Waals surface area contributed by atoms with Crippen LogP contribution in [0.25, 0.3) is 0 Å². The Bertz CT molecular complexity index is 375. The average Bonchev–Trinajstić information content (AvgIpc) is 2.90. The number of nitrogens with one attached hydrogen (secondary N) is 1. The summed E-state index contributed by atoms with van der Waals surface area (Å²) in [5, 5.41) is 4.78. The predicted molar refractivity (Wildman–Crippen MR) is 66.7 cm³/mol. The van der Waals surface area contributed by atoms with E-state index < -0.39 is 0 Å². The van der Waals surface area contributed by atoms with Crippen molar-refractivity contribution in [2.24, 2.45) is 5.41 Å². The minimum atomic E-state index is -0.00617. The van der Waals surface area contributed by atoms with E-state index in [1.807, 2.05) is 11.4 Å². The molecule has 1 aliphatic rings. The minimum absolute atomic E-state index is 0.00617. The molecule has 1 saturated carbocycles. The van der Waals surface area contributed by atoms with E-state index >= 15 is 0 Å². The van der Waals surface area contributed by atoms with Gasteiger partial charge in [0.25, 0.3) is 5.91 Å². The van der Waals surface area contributed by atoms with E-state index in [0.717, 1.165) is 22.2 Å². The Balaban J connectivity index is 1.88. The topological polar surface area (TPSA) is 29.1 Å². The van der Waals surface area contributed by atoms with Crippen LogP contribution in [0.1, 0.15) is 23.2 Å². The number of alkyl halides is 1. The second-order valence-corrected chi connectivity index (χ2v) is 6.51. The molecule has 1 amide bonds. The molecule has 2 rings (SSSR count). The second kappa shape index (κ2) is 4.44. The lowest BCUT2D eigenvalue weighted by Crippen LogP contribution is -2.30. The highest BCUT2D eigenvalue weighted by molar-refractivity contribution is 9.11. The van der Waals surface area contributed by atoms with Crippen molar-refractivity contribution in [3.05, 3.63) is 20.8 Å². The maximum atomic E-state index is 11.7. The third-order valence-electron chi connectivity index (χ3n) is 2.69. The summed E-state index contributed by atoms with van der Waals surface area (Å²) in [6.07, 6.45) is 2.26. The van der Waals surface area contributed by atoms with Crippen LogP contribution in [0.2, 0.25) is 0 Å². The molecule has 0 unspecified atom stereocenters. The molecule has 0 bridgehead atoms. The molecule has 1 aromatic rings. The smallest absolute Gasteiger partial charge is 0.252 e. The third-order valence-corrected chi connectivity index (χ3v) is 4.77. The van der Waals surface area contributed by atoms with Gasteiger partial charge in [0, 0.05) is 23.2 Å². The highest BCUT2D eigenvalue weighted by Crippen LogP contribution is 2.45. The Morgan fingerprint density at radius 2 is 2.40 bits per heavy atom. The average molecular weight is 309 g/mol. The first-order chi connectivity index (χ1) is 7.15. The highest BCUT2D eigenvalue weighted by atomic mass is 79.9. The van der Waals surface area contributed by atoms with E-state index in [-0.39, 0.29) is 11.3 Å². The van der Waals surface area contributed by atoms with Gasteiger partial charge < -0.3 is 5.32 Å². The zero-order valence-electron chi connectivity index (χ0n) is 8.06. The zero-order valence-corrected chi connectivity index (χ0v) is 11.2. The molecule has 1 aliphatic carbocycles. The summed E-state index contributed by atoms with van der Waals surface area (Å²) >= 11 is 10.7. The first kappa shape index (κ1) is 11.4. The lowest BCUT2D eigenvalue weighted by Gasteiger charge is -2.11. The number of hydrogen-bond donors (Lipinski definition) is 1. The van der Waals surface area contributed by atoms with Crippen molar-refractivity contribution >= 4 is 44.8 Å². The number of carbonyl (C=O) groups is 1. The Kier molecular flexibility index (Phi) is 3.38. The van der Waals surface area contributed by atoms with Crippen LogP contribution < -0.4 is 5.32 Å². The third kappa shape index (κ3) is 2.74. The van der Waals surface area contributed by atoms with Gasteiger partial charge in [0.15, 0.2) is 0 Å². The molecule has 0 aromatic carbocycles. The van der Waals surface area contributed by atoms with Gasteiger partial charge >= 0.3 is 0 Å². The fourth-order valence-electron chi connectivity index (χ4n) is 1.33. The molecule has 1 fully saturated rings. The SMILES string of the molecule is O=C(NCC1(CCl)CC1)c1csc(Br)c1. The van der Waals surface area contributed by atoms with Crippen LogP contribution in [-0.2, 0) is 0 Å². The summed E-state index contributed by atoms with van der Waals surface area (Å²) in [5.41, 5.74) is 0.905. The van der Waals surface area contributed by atoms with Crippen LogP contribution in [0, 0.1) is 5.41 Å². The Hall–Kier alpha value is -0.0600. The van der Waals surface area contributed by atoms with Gasteiger partial charge in [-0.2, -0.15) is 0 Å². The number of halogens is 2. The van der Waals surface area contributed by atoms with E-state index in [0.29, 0.717) is 12.4 Å². The molecule has 0 saturated heterocycles. The molecule has 0 spiro atoms. The van der Waals surface area contributed by atoms with Crippen molar-refractivity contribution < 1.29 is 4.79 Å². The lowest BCUT2D eigenvalue weighted by atomic mass is 10.1. The number of amides is 1. The summed E-state index contributed by atoms with van der Waals surface area (Å²) in [5.74, 6) is 0.633.